The van der Waals surface area contributed by atoms with E-state index in [1.807, 2.05) is 24.4 Å². The molecule has 0 spiro atoms. The van der Waals surface area contributed by atoms with Crippen LogP contribution in [-0.2, 0) is 6.54 Å². The van der Waals surface area contributed by atoms with Crippen molar-refractivity contribution in [2.75, 3.05) is 5.32 Å². The molecular weight excluding hydrogens is 250 g/mol. The second kappa shape index (κ2) is 4.38. The molecule has 20 heavy (non-hydrogen) atoms. The predicted octanol–water partition coefficient (Wildman–Crippen LogP) is 3.05. The summed E-state index contributed by atoms with van der Waals surface area (Å²) in [4.78, 5) is 14.9. The van der Waals surface area contributed by atoms with Gasteiger partial charge < -0.3 is 15.3 Å². The van der Waals surface area contributed by atoms with Gasteiger partial charge in [0.2, 0.25) is 0 Å². The van der Waals surface area contributed by atoms with Gasteiger partial charge in [0.15, 0.2) is 0 Å². The molecule has 0 unspecified atom stereocenters. The largest absolute Gasteiger partial charge is 0.364 e. The van der Waals surface area contributed by atoms with E-state index < -0.39 is 0 Å². The zero-order chi connectivity index (χ0) is 13.4. The number of anilines is 1. The summed E-state index contributed by atoms with van der Waals surface area (Å²) in [6.07, 6.45) is 3.43. The topological polar surface area (TPSA) is 69.4 Å². The van der Waals surface area contributed by atoms with Crippen molar-refractivity contribution in [3.8, 4) is 0 Å². The van der Waals surface area contributed by atoms with Crippen LogP contribution in [0.3, 0.4) is 0 Å². The van der Waals surface area contributed by atoms with E-state index in [0.29, 0.717) is 6.54 Å². The van der Waals surface area contributed by atoms with Crippen molar-refractivity contribution in [3.05, 3.63) is 54.6 Å². The molecule has 4 aromatic rings. The fourth-order valence-electron chi connectivity index (χ4n) is 2.42. The first kappa shape index (κ1) is 11.0. The van der Waals surface area contributed by atoms with Gasteiger partial charge in [0.1, 0.15) is 17.8 Å². The van der Waals surface area contributed by atoms with Gasteiger partial charge in [-0.1, -0.05) is 18.2 Å². The Morgan fingerprint density at radius 2 is 2.05 bits per heavy atom. The maximum atomic E-state index is 4.29. The minimum absolute atomic E-state index is 0.700. The van der Waals surface area contributed by atoms with Gasteiger partial charge in [0, 0.05) is 17.4 Å². The van der Waals surface area contributed by atoms with Gasteiger partial charge in [0.25, 0.3) is 0 Å². The predicted molar refractivity (Wildman–Crippen MR) is 79.5 cm³/mol. The van der Waals surface area contributed by atoms with Crippen LogP contribution < -0.4 is 5.32 Å². The van der Waals surface area contributed by atoms with Crippen LogP contribution >= 0.6 is 0 Å². The van der Waals surface area contributed by atoms with Crippen molar-refractivity contribution in [1.82, 2.24) is 19.9 Å². The van der Waals surface area contributed by atoms with Crippen molar-refractivity contribution < 1.29 is 0 Å². The van der Waals surface area contributed by atoms with Crippen LogP contribution in [0.25, 0.3) is 21.9 Å². The number of benzene rings is 1. The van der Waals surface area contributed by atoms with Crippen LogP contribution in [0.2, 0.25) is 0 Å². The second-order valence-corrected chi connectivity index (χ2v) is 4.70. The van der Waals surface area contributed by atoms with Crippen LogP contribution in [0.4, 0.5) is 5.82 Å². The third kappa shape index (κ3) is 1.80. The van der Waals surface area contributed by atoms with Gasteiger partial charge in [0.05, 0.1) is 11.9 Å². The Bertz CT molecular complexity index is 841. The molecule has 0 saturated carbocycles. The molecular formula is C15H13N5. The third-order valence-electron chi connectivity index (χ3n) is 3.39. The lowest BCUT2D eigenvalue weighted by Gasteiger charge is -2.04. The van der Waals surface area contributed by atoms with E-state index in [1.54, 1.807) is 6.33 Å². The molecule has 0 aliphatic heterocycles. The van der Waals surface area contributed by atoms with Crippen molar-refractivity contribution in [3.63, 3.8) is 0 Å². The molecule has 3 aromatic heterocycles. The standard InChI is InChI=1S/C15H13N5/c1-2-4-13-10(3-1)7-11(20-13)8-17-15-12-5-6-16-14(12)18-9-19-15/h1-7,9,20H,8H2,(H2,16,17,18,19). The highest BCUT2D eigenvalue weighted by atomic mass is 15.0. The monoisotopic (exact) mass is 263 g/mol. The zero-order valence-corrected chi connectivity index (χ0v) is 10.7. The molecule has 0 aliphatic rings. The zero-order valence-electron chi connectivity index (χ0n) is 10.7. The molecule has 0 atom stereocenters. The average Bonchev–Trinajstić information content (AvgIpc) is 3.11. The third-order valence-corrected chi connectivity index (χ3v) is 3.39. The molecule has 1 aromatic carbocycles. The SMILES string of the molecule is c1ccc2[nH]c(CNc3ncnc4[nH]ccc34)cc2c1. The second-order valence-electron chi connectivity index (χ2n) is 4.70. The maximum absolute atomic E-state index is 4.29. The Morgan fingerprint density at radius 3 is 3.00 bits per heavy atom. The average molecular weight is 263 g/mol. The summed E-state index contributed by atoms with van der Waals surface area (Å²) in [5, 5.41) is 5.57. The number of aromatic amines is 2. The number of para-hydroxylation sites is 1. The molecule has 0 radical (unpaired) electrons. The highest BCUT2D eigenvalue weighted by Gasteiger charge is 2.05. The van der Waals surface area contributed by atoms with Crippen LogP contribution in [-0.4, -0.2) is 19.9 Å². The van der Waals surface area contributed by atoms with E-state index in [0.717, 1.165) is 28.1 Å². The summed E-state index contributed by atoms with van der Waals surface area (Å²) < 4.78 is 0. The molecule has 0 amide bonds. The number of aromatic nitrogens is 4. The summed E-state index contributed by atoms with van der Waals surface area (Å²) in [6, 6.07) is 12.4. The number of nitrogens with zero attached hydrogens (tertiary/aromatic N) is 2. The number of rotatable bonds is 3. The number of H-pyrrole nitrogens is 2. The lowest BCUT2D eigenvalue weighted by Crippen LogP contribution is -2.02. The lowest BCUT2D eigenvalue weighted by molar-refractivity contribution is 1.06. The first-order valence-corrected chi connectivity index (χ1v) is 6.49. The first-order valence-electron chi connectivity index (χ1n) is 6.49. The number of hydrogen-bond acceptors (Lipinski definition) is 3. The van der Waals surface area contributed by atoms with Gasteiger partial charge in [-0.15, -0.1) is 0 Å². The minimum Gasteiger partial charge on any atom is -0.364 e. The van der Waals surface area contributed by atoms with Crippen molar-refractivity contribution in [2.24, 2.45) is 0 Å². The van der Waals surface area contributed by atoms with Gasteiger partial charge in [-0.25, -0.2) is 9.97 Å². The van der Waals surface area contributed by atoms with Crippen LogP contribution in [0.15, 0.2) is 48.9 Å². The normalized spacial score (nSPS) is 11.2. The Balaban J connectivity index is 1.62. The highest BCUT2D eigenvalue weighted by molar-refractivity contribution is 5.86. The van der Waals surface area contributed by atoms with Gasteiger partial charge in [-0.2, -0.15) is 0 Å². The molecule has 3 heterocycles. The summed E-state index contributed by atoms with van der Waals surface area (Å²) in [7, 11) is 0. The summed E-state index contributed by atoms with van der Waals surface area (Å²) in [5.74, 6) is 0.843. The Hall–Kier alpha value is -2.82. The van der Waals surface area contributed by atoms with E-state index in [9.17, 15) is 0 Å². The first-order chi connectivity index (χ1) is 9.90. The molecule has 0 bridgehead atoms. The summed E-state index contributed by atoms with van der Waals surface area (Å²) >= 11 is 0. The summed E-state index contributed by atoms with van der Waals surface area (Å²) in [5.41, 5.74) is 3.13. The van der Waals surface area contributed by atoms with Crippen LogP contribution in [0.5, 0.6) is 0 Å². The van der Waals surface area contributed by atoms with Gasteiger partial charge in [-0.3, -0.25) is 0 Å². The van der Waals surface area contributed by atoms with Crippen LogP contribution in [0, 0.1) is 0 Å². The molecule has 0 fully saturated rings. The van der Waals surface area contributed by atoms with E-state index in [2.05, 4.69) is 43.5 Å². The van der Waals surface area contributed by atoms with Crippen molar-refractivity contribution in [2.45, 2.75) is 6.54 Å². The molecule has 0 aliphatic carbocycles. The van der Waals surface area contributed by atoms with E-state index in [1.165, 1.54) is 5.39 Å². The van der Waals surface area contributed by atoms with Crippen molar-refractivity contribution >= 4 is 27.8 Å². The molecule has 5 nitrogen and oxygen atoms in total. The minimum atomic E-state index is 0.700. The molecule has 4 rings (SSSR count). The number of hydrogen-bond donors (Lipinski definition) is 3. The van der Waals surface area contributed by atoms with Crippen molar-refractivity contribution in [1.29, 1.82) is 0 Å². The van der Waals surface area contributed by atoms with Gasteiger partial charge in [-0.05, 0) is 23.6 Å². The number of fused-ring (bicyclic) bond motifs is 2. The molecule has 0 saturated heterocycles. The fraction of sp³-hybridized carbons (Fsp3) is 0.0667. The fourth-order valence-corrected chi connectivity index (χ4v) is 2.42. The van der Waals surface area contributed by atoms with E-state index in [4.69, 9.17) is 0 Å². The quantitative estimate of drug-likeness (QED) is 0.532. The maximum Gasteiger partial charge on any atom is 0.142 e. The molecule has 3 N–H and O–H groups in total. The Morgan fingerprint density at radius 1 is 1.10 bits per heavy atom. The molecule has 98 valence electrons. The van der Waals surface area contributed by atoms with Crippen LogP contribution in [0.1, 0.15) is 5.69 Å². The molecule has 5 heteroatoms. The van der Waals surface area contributed by atoms with E-state index in [-0.39, 0.29) is 0 Å². The van der Waals surface area contributed by atoms with E-state index >= 15 is 0 Å². The summed E-state index contributed by atoms with van der Waals surface area (Å²) in [6.45, 7) is 0.700. The Kier molecular flexibility index (Phi) is 2.42. The number of nitrogens with one attached hydrogen (secondary N) is 3. The Labute approximate surface area is 115 Å². The highest BCUT2D eigenvalue weighted by Crippen LogP contribution is 2.19. The lowest BCUT2D eigenvalue weighted by atomic mass is 10.2. The van der Waals surface area contributed by atoms with Gasteiger partial charge >= 0.3 is 0 Å². The smallest absolute Gasteiger partial charge is 0.142 e.